The van der Waals surface area contributed by atoms with Gasteiger partial charge >= 0.3 is 0 Å². The van der Waals surface area contributed by atoms with E-state index >= 15 is 0 Å². The van der Waals surface area contributed by atoms with E-state index in [0.717, 1.165) is 5.92 Å². The maximum atomic E-state index is 3.72. The number of nitrogens with one attached hydrogen (secondary N) is 1. The molecule has 1 N–H and O–H groups in total. The second kappa shape index (κ2) is 5.98. The number of hydrogen-bond donors (Lipinski definition) is 1. The third kappa shape index (κ3) is 4.26. The van der Waals surface area contributed by atoms with Gasteiger partial charge in [0, 0.05) is 11.7 Å². The molecule has 1 aromatic rings. The van der Waals surface area contributed by atoms with E-state index in [2.05, 4.69) is 57.3 Å². The van der Waals surface area contributed by atoms with Crippen LogP contribution < -0.4 is 5.32 Å². The van der Waals surface area contributed by atoms with Crippen LogP contribution >= 0.6 is 0 Å². The predicted molar refractivity (Wildman–Crippen MR) is 84.8 cm³/mol. The van der Waals surface area contributed by atoms with Crippen LogP contribution in [-0.2, 0) is 5.41 Å². The lowest BCUT2D eigenvalue weighted by Gasteiger charge is -2.21. The Bertz CT molecular complexity index is 385. The lowest BCUT2D eigenvalue weighted by atomic mass is 9.87. The summed E-state index contributed by atoms with van der Waals surface area (Å²) in [7, 11) is 0. The fraction of sp³-hybridized carbons (Fsp3) is 0.667. The second-order valence-corrected chi connectivity index (χ2v) is 7.28. The van der Waals surface area contributed by atoms with Crippen LogP contribution in [0.1, 0.15) is 65.4 Å². The fourth-order valence-corrected chi connectivity index (χ4v) is 2.93. The third-order valence-electron chi connectivity index (χ3n) is 4.38. The Morgan fingerprint density at radius 1 is 0.947 bits per heavy atom. The van der Waals surface area contributed by atoms with Crippen LogP contribution in [-0.4, -0.2) is 6.04 Å². The second-order valence-electron chi connectivity index (χ2n) is 7.28. The molecule has 1 saturated carbocycles. The maximum absolute atomic E-state index is 3.72. The normalized spacial score (nSPS) is 24.8. The molecule has 0 spiro atoms. The van der Waals surface area contributed by atoms with Crippen molar-refractivity contribution >= 4 is 5.69 Å². The first-order valence-electron chi connectivity index (χ1n) is 7.82. The fourth-order valence-electron chi connectivity index (χ4n) is 2.93. The van der Waals surface area contributed by atoms with Crippen LogP contribution in [0.3, 0.4) is 0 Å². The van der Waals surface area contributed by atoms with Crippen molar-refractivity contribution in [2.75, 3.05) is 5.32 Å². The molecular formula is C18H29N. The lowest BCUT2D eigenvalue weighted by molar-refractivity contribution is 0.502. The number of rotatable bonds is 2. The molecule has 1 nitrogen and oxygen atoms in total. The standard InChI is InChI=1S/C18H29N/c1-14-6-5-7-16(11-8-14)19-17-12-9-15(10-13-17)18(2,3)4/h9-10,12-14,16,19H,5-8,11H2,1-4H3. The van der Waals surface area contributed by atoms with E-state index in [-0.39, 0.29) is 5.41 Å². The van der Waals surface area contributed by atoms with E-state index < -0.39 is 0 Å². The minimum Gasteiger partial charge on any atom is -0.382 e. The van der Waals surface area contributed by atoms with Gasteiger partial charge in [-0.05, 0) is 48.3 Å². The van der Waals surface area contributed by atoms with Gasteiger partial charge in [0.05, 0.1) is 0 Å². The molecule has 0 aromatic heterocycles. The molecule has 0 heterocycles. The Labute approximate surface area is 118 Å². The van der Waals surface area contributed by atoms with Crippen molar-refractivity contribution in [3.05, 3.63) is 29.8 Å². The van der Waals surface area contributed by atoms with Crippen LogP contribution in [0.5, 0.6) is 0 Å². The third-order valence-corrected chi connectivity index (χ3v) is 4.38. The van der Waals surface area contributed by atoms with Crippen molar-refractivity contribution in [1.29, 1.82) is 0 Å². The molecule has 1 aliphatic carbocycles. The average Bonchev–Trinajstić information content (AvgIpc) is 2.54. The molecule has 0 amide bonds. The molecule has 1 aromatic carbocycles. The Balaban J connectivity index is 1.96. The molecule has 19 heavy (non-hydrogen) atoms. The van der Waals surface area contributed by atoms with E-state index in [1.54, 1.807) is 0 Å². The summed E-state index contributed by atoms with van der Waals surface area (Å²) in [6, 6.07) is 9.69. The number of anilines is 1. The molecule has 106 valence electrons. The summed E-state index contributed by atoms with van der Waals surface area (Å²) in [4.78, 5) is 0. The van der Waals surface area contributed by atoms with Crippen LogP contribution in [0.2, 0.25) is 0 Å². The Kier molecular flexibility index (Phi) is 4.54. The molecule has 0 aliphatic heterocycles. The van der Waals surface area contributed by atoms with Crippen LogP contribution in [0, 0.1) is 5.92 Å². The summed E-state index contributed by atoms with van der Waals surface area (Å²) in [5, 5.41) is 3.72. The van der Waals surface area contributed by atoms with E-state index in [9.17, 15) is 0 Å². The molecule has 2 atom stereocenters. The summed E-state index contributed by atoms with van der Waals surface area (Å²) >= 11 is 0. The molecule has 0 radical (unpaired) electrons. The monoisotopic (exact) mass is 259 g/mol. The molecule has 1 heteroatoms. The van der Waals surface area contributed by atoms with Gasteiger partial charge in [0.15, 0.2) is 0 Å². The number of benzene rings is 1. The zero-order valence-electron chi connectivity index (χ0n) is 13.0. The van der Waals surface area contributed by atoms with E-state index in [1.807, 2.05) is 0 Å². The average molecular weight is 259 g/mol. The van der Waals surface area contributed by atoms with Gasteiger partial charge in [0.25, 0.3) is 0 Å². The first kappa shape index (κ1) is 14.4. The summed E-state index contributed by atoms with van der Waals surface area (Å²) in [6.07, 6.45) is 6.80. The molecule has 0 bridgehead atoms. The molecule has 2 unspecified atom stereocenters. The topological polar surface area (TPSA) is 12.0 Å². The SMILES string of the molecule is CC1CCCC(Nc2ccc(C(C)(C)C)cc2)CC1. The van der Waals surface area contributed by atoms with Gasteiger partial charge in [-0.3, -0.25) is 0 Å². The smallest absolute Gasteiger partial charge is 0.0342 e. The molecular weight excluding hydrogens is 230 g/mol. The van der Waals surface area contributed by atoms with Crippen molar-refractivity contribution in [2.45, 2.75) is 71.3 Å². The predicted octanol–water partition coefficient (Wildman–Crippen LogP) is 5.36. The summed E-state index contributed by atoms with van der Waals surface area (Å²) in [5.41, 5.74) is 2.94. The summed E-state index contributed by atoms with van der Waals surface area (Å²) in [5.74, 6) is 0.912. The highest BCUT2D eigenvalue weighted by Crippen LogP contribution is 2.27. The minimum atomic E-state index is 0.246. The largest absolute Gasteiger partial charge is 0.382 e. The highest BCUT2D eigenvalue weighted by molar-refractivity contribution is 5.46. The number of hydrogen-bond acceptors (Lipinski definition) is 1. The van der Waals surface area contributed by atoms with E-state index in [1.165, 1.54) is 43.4 Å². The molecule has 1 fully saturated rings. The molecule has 0 saturated heterocycles. The first-order valence-corrected chi connectivity index (χ1v) is 7.82. The maximum Gasteiger partial charge on any atom is 0.0342 e. The highest BCUT2D eigenvalue weighted by Gasteiger charge is 2.16. The zero-order chi connectivity index (χ0) is 13.9. The van der Waals surface area contributed by atoms with E-state index in [4.69, 9.17) is 0 Å². The van der Waals surface area contributed by atoms with Gasteiger partial charge in [-0.1, -0.05) is 52.7 Å². The van der Waals surface area contributed by atoms with Crippen molar-refractivity contribution < 1.29 is 0 Å². The highest BCUT2D eigenvalue weighted by atomic mass is 14.9. The van der Waals surface area contributed by atoms with Crippen molar-refractivity contribution in [2.24, 2.45) is 5.92 Å². The summed E-state index contributed by atoms with van der Waals surface area (Å²) in [6.45, 7) is 9.19. The molecule has 2 rings (SSSR count). The van der Waals surface area contributed by atoms with Gasteiger partial charge in [0.1, 0.15) is 0 Å². The van der Waals surface area contributed by atoms with Crippen molar-refractivity contribution in [3.8, 4) is 0 Å². The first-order chi connectivity index (χ1) is 8.95. The van der Waals surface area contributed by atoms with E-state index in [0.29, 0.717) is 6.04 Å². The van der Waals surface area contributed by atoms with Crippen LogP contribution in [0.25, 0.3) is 0 Å². The summed E-state index contributed by atoms with van der Waals surface area (Å²) < 4.78 is 0. The lowest BCUT2D eigenvalue weighted by Crippen LogP contribution is -2.18. The Hall–Kier alpha value is -0.980. The quantitative estimate of drug-likeness (QED) is 0.704. The van der Waals surface area contributed by atoms with Crippen molar-refractivity contribution in [1.82, 2.24) is 0 Å². The minimum absolute atomic E-state index is 0.246. The Morgan fingerprint density at radius 3 is 2.26 bits per heavy atom. The van der Waals surface area contributed by atoms with Crippen molar-refractivity contribution in [3.63, 3.8) is 0 Å². The zero-order valence-corrected chi connectivity index (χ0v) is 13.0. The van der Waals surface area contributed by atoms with Gasteiger partial charge in [-0.25, -0.2) is 0 Å². The van der Waals surface area contributed by atoms with Gasteiger partial charge in [0.2, 0.25) is 0 Å². The van der Waals surface area contributed by atoms with Crippen LogP contribution in [0.4, 0.5) is 5.69 Å². The molecule has 1 aliphatic rings. The Morgan fingerprint density at radius 2 is 1.63 bits per heavy atom. The van der Waals surface area contributed by atoms with Gasteiger partial charge < -0.3 is 5.32 Å². The van der Waals surface area contributed by atoms with Crippen LogP contribution in [0.15, 0.2) is 24.3 Å². The van der Waals surface area contributed by atoms with Gasteiger partial charge in [-0.15, -0.1) is 0 Å². The van der Waals surface area contributed by atoms with Gasteiger partial charge in [-0.2, -0.15) is 0 Å².